The number of hydrogen-bond donors (Lipinski definition) is 0. The predicted octanol–water partition coefficient (Wildman–Crippen LogP) is 2.20. The molecule has 112 valence electrons. The smallest absolute Gasteiger partial charge is 0.209 e. The highest BCUT2D eigenvalue weighted by molar-refractivity contribution is 7.99. The first-order valence-electron chi connectivity index (χ1n) is 6.82. The monoisotopic (exact) mass is 324 g/mol. The van der Waals surface area contributed by atoms with Gasteiger partial charge in [-0.3, -0.25) is 4.79 Å². The minimum absolute atomic E-state index is 0.116. The molecule has 2 aromatic heterocycles. The Kier molecular flexibility index (Phi) is 4.67. The summed E-state index contributed by atoms with van der Waals surface area (Å²) >= 11 is 2.90. The summed E-state index contributed by atoms with van der Waals surface area (Å²) in [5, 5.41) is 12.3. The largest absolute Gasteiger partial charge is 0.376 e. The van der Waals surface area contributed by atoms with Crippen LogP contribution in [0.25, 0.3) is 0 Å². The third kappa shape index (κ3) is 3.69. The Morgan fingerprint density at radius 2 is 2.48 bits per heavy atom. The van der Waals surface area contributed by atoms with E-state index in [2.05, 4.69) is 15.5 Å². The lowest BCUT2D eigenvalue weighted by Crippen LogP contribution is -2.17. The molecule has 1 fully saturated rings. The molecule has 0 aromatic carbocycles. The molecular weight excluding hydrogens is 308 g/mol. The van der Waals surface area contributed by atoms with Gasteiger partial charge < -0.3 is 4.74 Å². The second-order valence-corrected chi connectivity index (χ2v) is 7.13. The Morgan fingerprint density at radius 1 is 1.57 bits per heavy atom. The number of carbonyl (C=O) groups excluding carboxylic acids is 1. The third-order valence-corrected chi connectivity index (χ3v) is 5.25. The van der Waals surface area contributed by atoms with E-state index < -0.39 is 0 Å². The van der Waals surface area contributed by atoms with Gasteiger partial charge in [0.1, 0.15) is 0 Å². The molecule has 0 amide bonds. The number of tetrazole rings is 1. The standard InChI is InChI=1S/C13H16N4O2S2/c1-9-4-5-12(21-9)11(18)8-20-13-14-15-16-17(13)7-10-3-2-6-19-10/h4-5,10H,2-3,6-8H2,1H3/t10-/m0/s1. The topological polar surface area (TPSA) is 69.9 Å². The molecule has 6 nitrogen and oxygen atoms in total. The van der Waals surface area contributed by atoms with Gasteiger partial charge in [-0.1, -0.05) is 11.8 Å². The van der Waals surface area contributed by atoms with Gasteiger partial charge >= 0.3 is 0 Å². The number of nitrogens with zero attached hydrogens (tertiary/aromatic N) is 4. The van der Waals surface area contributed by atoms with Crippen LogP contribution in [-0.4, -0.2) is 44.5 Å². The van der Waals surface area contributed by atoms with Crippen LogP contribution in [0.4, 0.5) is 0 Å². The number of thiophene rings is 1. The Labute approximate surface area is 130 Å². The van der Waals surface area contributed by atoms with Crippen molar-refractivity contribution < 1.29 is 9.53 Å². The van der Waals surface area contributed by atoms with Crippen molar-refractivity contribution >= 4 is 28.9 Å². The third-order valence-electron chi connectivity index (χ3n) is 3.25. The zero-order valence-electron chi connectivity index (χ0n) is 11.7. The number of hydrogen-bond acceptors (Lipinski definition) is 7. The molecule has 3 heterocycles. The molecular formula is C13H16N4O2S2. The second-order valence-electron chi connectivity index (χ2n) is 4.90. The van der Waals surface area contributed by atoms with E-state index in [9.17, 15) is 4.79 Å². The molecule has 8 heteroatoms. The van der Waals surface area contributed by atoms with Gasteiger partial charge in [-0.25, -0.2) is 4.68 Å². The molecule has 0 N–H and O–H groups in total. The Balaban J connectivity index is 1.57. The second kappa shape index (κ2) is 6.67. The van der Waals surface area contributed by atoms with Gasteiger partial charge in [0.2, 0.25) is 5.16 Å². The van der Waals surface area contributed by atoms with Gasteiger partial charge in [0.05, 0.1) is 23.3 Å². The van der Waals surface area contributed by atoms with Crippen LogP contribution in [0, 0.1) is 6.92 Å². The van der Waals surface area contributed by atoms with Gasteiger partial charge in [-0.05, 0) is 42.3 Å². The minimum Gasteiger partial charge on any atom is -0.376 e. The molecule has 21 heavy (non-hydrogen) atoms. The van der Waals surface area contributed by atoms with E-state index in [1.54, 1.807) is 4.68 Å². The van der Waals surface area contributed by atoms with Crippen LogP contribution < -0.4 is 0 Å². The maximum atomic E-state index is 12.1. The lowest BCUT2D eigenvalue weighted by molar-refractivity contribution is 0.0912. The van der Waals surface area contributed by atoms with Gasteiger partial charge in [-0.15, -0.1) is 16.4 Å². The first-order chi connectivity index (χ1) is 10.2. The molecule has 0 unspecified atom stereocenters. The van der Waals surface area contributed by atoms with Crippen LogP contribution in [0.2, 0.25) is 0 Å². The normalized spacial score (nSPS) is 18.2. The number of ketones is 1. The Bertz CT molecular complexity index is 619. The van der Waals surface area contributed by atoms with Crippen molar-refractivity contribution in [1.82, 2.24) is 20.2 Å². The number of aromatic nitrogens is 4. The molecule has 1 aliphatic rings. The maximum absolute atomic E-state index is 12.1. The van der Waals surface area contributed by atoms with E-state index in [-0.39, 0.29) is 11.9 Å². The molecule has 0 bridgehead atoms. The van der Waals surface area contributed by atoms with Crippen LogP contribution >= 0.6 is 23.1 Å². The fourth-order valence-electron chi connectivity index (χ4n) is 2.18. The van der Waals surface area contributed by atoms with E-state index in [1.807, 2.05) is 19.1 Å². The zero-order chi connectivity index (χ0) is 14.7. The maximum Gasteiger partial charge on any atom is 0.209 e. The molecule has 1 aliphatic heterocycles. The van der Waals surface area contributed by atoms with Crippen molar-refractivity contribution in [2.45, 2.75) is 37.6 Å². The average Bonchev–Trinajstić information content (AvgIpc) is 3.19. The number of thioether (sulfide) groups is 1. The van der Waals surface area contributed by atoms with Crippen molar-refractivity contribution in [3.8, 4) is 0 Å². The summed E-state index contributed by atoms with van der Waals surface area (Å²) in [6.45, 7) is 3.46. The van der Waals surface area contributed by atoms with Crippen molar-refractivity contribution in [2.24, 2.45) is 0 Å². The molecule has 1 saturated heterocycles. The van der Waals surface area contributed by atoms with Gasteiger partial charge in [0, 0.05) is 11.5 Å². The van der Waals surface area contributed by atoms with Crippen LogP contribution in [0.5, 0.6) is 0 Å². The SMILES string of the molecule is Cc1ccc(C(=O)CSc2nnnn2C[C@@H]2CCCO2)s1. The summed E-state index contributed by atoms with van der Waals surface area (Å²) in [5.41, 5.74) is 0. The highest BCUT2D eigenvalue weighted by atomic mass is 32.2. The summed E-state index contributed by atoms with van der Waals surface area (Å²) in [7, 11) is 0. The summed E-state index contributed by atoms with van der Waals surface area (Å²) in [6, 6.07) is 3.84. The highest BCUT2D eigenvalue weighted by Gasteiger charge is 2.19. The van der Waals surface area contributed by atoms with Crippen LogP contribution in [-0.2, 0) is 11.3 Å². The van der Waals surface area contributed by atoms with E-state index in [0.717, 1.165) is 29.2 Å². The molecule has 0 radical (unpaired) electrons. The number of aryl methyl sites for hydroxylation is 1. The van der Waals surface area contributed by atoms with Crippen LogP contribution in [0.1, 0.15) is 27.4 Å². The average molecular weight is 324 g/mol. The number of Topliss-reactive ketones (excluding diaryl/α,β-unsaturated/α-hetero) is 1. The lowest BCUT2D eigenvalue weighted by atomic mass is 10.2. The highest BCUT2D eigenvalue weighted by Crippen LogP contribution is 2.21. The fourth-order valence-corrected chi connectivity index (χ4v) is 3.85. The lowest BCUT2D eigenvalue weighted by Gasteiger charge is -2.09. The molecule has 1 atom stereocenters. The van der Waals surface area contributed by atoms with Crippen molar-refractivity contribution in [3.05, 3.63) is 21.9 Å². The number of ether oxygens (including phenoxy) is 1. The predicted molar refractivity (Wildman–Crippen MR) is 80.9 cm³/mol. The van der Waals surface area contributed by atoms with Gasteiger partial charge in [0.15, 0.2) is 5.78 Å². The van der Waals surface area contributed by atoms with Crippen molar-refractivity contribution in [3.63, 3.8) is 0 Å². The van der Waals surface area contributed by atoms with Crippen LogP contribution in [0.15, 0.2) is 17.3 Å². The summed E-state index contributed by atoms with van der Waals surface area (Å²) in [5.74, 6) is 0.469. The first kappa shape index (κ1) is 14.7. The Morgan fingerprint density at radius 3 is 3.19 bits per heavy atom. The minimum atomic E-state index is 0.116. The van der Waals surface area contributed by atoms with Gasteiger partial charge in [0.25, 0.3) is 0 Å². The van der Waals surface area contributed by atoms with E-state index in [1.165, 1.54) is 23.1 Å². The summed E-state index contributed by atoms with van der Waals surface area (Å²) < 4.78 is 7.32. The van der Waals surface area contributed by atoms with E-state index in [0.29, 0.717) is 17.5 Å². The number of rotatable bonds is 6. The molecule has 2 aromatic rings. The number of carbonyl (C=O) groups is 1. The summed E-state index contributed by atoms with van der Waals surface area (Å²) in [4.78, 5) is 14.0. The fraction of sp³-hybridized carbons (Fsp3) is 0.538. The molecule has 0 aliphatic carbocycles. The Hall–Kier alpha value is -1.25. The zero-order valence-corrected chi connectivity index (χ0v) is 13.3. The van der Waals surface area contributed by atoms with Crippen molar-refractivity contribution in [2.75, 3.05) is 12.4 Å². The van der Waals surface area contributed by atoms with Crippen LogP contribution in [0.3, 0.4) is 0 Å². The molecule has 0 saturated carbocycles. The van der Waals surface area contributed by atoms with Gasteiger partial charge in [-0.2, -0.15) is 0 Å². The van der Waals surface area contributed by atoms with E-state index >= 15 is 0 Å². The molecule has 3 rings (SSSR count). The molecule has 0 spiro atoms. The van der Waals surface area contributed by atoms with Crippen molar-refractivity contribution in [1.29, 1.82) is 0 Å². The first-order valence-corrected chi connectivity index (χ1v) is 8.63. The quantitative estimate of drug-likeness (QED) is 0.599. The summed E-state index contributed by atoms with van der Waals surface area (Å²) in [6.07, 6.45) is 2.31. The van der Waals surface area contributed by atoms with E-state index in [4.69, 9.17) is 4.74 Å².